The fourth-order valence-electron chi connectivity index (χ4n) is 3.33. The molecule has 0 bridgehead atoms. The van der Waals surface area contributed by atoms with Crippen molar-refractivity contribution in [1.82, 2.24) is 14.7 Å². The predicted octanol–water partition coefficient (Wildman–Crippen LogP) is 4.79. The lowest BCUT2D eigenvalue weighted by molar-refractivity contribution is 0.0826. The van der Waals surface area contributed by atoms with Crippen LogP contribution in [-0.4, -0.2) is 45.1 Å². The van der Waals surface area contributed by atoms with Crippen molar-refractivity contribution in [2.24, 2.45) is 7.05 Å². The van der Waals surface area contributed by atoms with Crippen LogP contribution < -0.4 is 10.1 Å². The Morgan fingerprint density at radius 3 is 2.64 bits per heavy atom. The zero-order valence-corrected chi connectivity index (χ0v) is 20.8. The van der Waals surface area contributed by atoms with Crippen LogP contribution in [0, 0.1) is 10.5 Å². The number of nitrogens with zero attached hydrogens (tertiary/aromatic N) is 3. The molecule has 0 unspecified atom stereocenters. The molecule has 2 aromatic heterocycles. The number of furan rings is 1. The smallest absolute Gasteiger partial charge is 0.257 e. The fraction of sp³-hybridized carbons (Fsp3) is 0.167. The van der Waals surface area contributed by atoms with Crippen LogP contribution in [0.1, 0.15) is 26.5 Å². The van der Waals surface area contributed by atoms with Gasteiger partial charge in [-0.05, 0) is 43.3 Å². The Hall–Kier alpha value is -3.47. The van der Waals surface area contributed by atoms with E-state index in [2.05, 4.69) is 14.9 Å². The standard InChI is InChI=1S/C24H23IN4O4/c1-14-10-18-20(32-14)11-15(23(30)26-22-8-9-29(5)27-22)12-21(18)33-16-6-7-17(19(13-16)25-2)24(31)28(3)4/h6-13H,2H2,1,3-5H3,(H,26,27,30). The average Bonchev–Trinajstić information content (AvgIpc) is 3.37. The number of benzene rings is 2. The number of nitrogens with one attached hydrogen (secondary N) is 1. The molecule has 2 heterocycles. The van der Waals surface area contributed by atoms with Gasteiger partial charge in [-0.3, -0.25) is 14.3 Å². The van der Waals surface area contributed by atoms with E-state index in [1.54, 1.807) is 67.3 Å². The molecule has 0 atom stereocenters. The summed E-state index contributed by atoms with van der Waals surface area (Å²) in [5.41, 5.74) is 1.55. The van der Waals surface area contributed by atoms with Gasteiger partial charge in [0.1, 0.15) is 22.8 Å². The minimum atomic E-state index is -0.609. The molecule has 2 amide bonds. The summed E-state index contributed by atoms with van der Waals surface area (Å²) in [5, 5.41) is 7.71. The zero-order chi connectivity index (χ0) is 23.7. The number of ether oxygens (including phenoxy) is 1. The first-order chi connectivity index (χ1) is 15.7. The highest BCUT2D eigenvalue weighted by Gasteiger charge is 2.18. The molecule has 4 rings (SSSR count). The average molecular weight is 558 g/mol. The van der Waals surface area contributed by atoms with E-state index in [1.165, 1.54) is 0 Å². The number of aryl methyl sites for hydroxylation is 2. The highest BCUT2D eigenvalue weighted by molar-refractivity contribution is 14.2. The van der Waals surface area contributed by atoms with E-state index in [1.807, 2.05) is 19.1 Å². The van der Waals surface area contributed by atoms with Crippen molar-refractivity contribution < 1.29 is 18.7 Å². The molecular weight excluding hydrogens is 535 g/mol. The number of hydrogen-bond acceptors (Lipinski definition) is 5. The van der Waals surface area contributed by atoms with Crippen molar-refractivity contribution >= 4 is 53.8 Å². The molecule has 1 N–H and O–H groups in total. The molecule has 33 heavy (non-hydrogen) atoms. The third-order valence-electron chi connectivity index (χ3n) is 4.89. The van der Waals surface area contributed by atoms with Crippen LogP contribution in [0.25, 0.3) is 11.0 Å². The van der Waals surface area contributed by atoms with Gasteiger partial charge in [-0.25, -0.2) is 0 Å². The molecule has 170 valence electrons. The molecule has 4 aromatic rings. The summed E-state index contributed by atoms with van der Waals surface area (Å²) in [7, 11) is 5.22. The molecular formula is C24H23IN4O4. The van der Waals surface area contributed by atoms with E-state index >= 15 is 0 Å². The van der Waals surface area contributed by atoms with Crippen LogP contribution in [-0.2, 0) is 7.05 Å². The maximum atomic E-state index is 12.9. The monoisotopic (exact) mass is 558 g/mol. The van der Waals surface area contributed by atoms with Crippen molar-refractivity contribution in [3.63, 3.8) is 0 Å². The van der Waals surface area contributed by atoms with E-state index in [0.29, 0.717) is 39.8 Å². The second-order valence-corrected chi connectivity index (χ2v) is 9.57. The first kappa shape index (κ1) is 22.7. The Kier molecular flexibility index (Phi) is 6.32. The molecule has 8 nitrogen and oxygen atoms in total. The Labute approximate surface area is 200 Å². The third kappa shape index (κ3) is 4.82. The Balaban J connectivity index is 1.70. The largest absolute Gasteiger partial charge is 0.461 e. The summed E-state index contributed by atoms with van der Waals surface area (Å²) in [5.74, 6) is 1.80. The van der Waals surface area contributed by atoms with Crippen LogP contribution in [0.2, 0.25) is 0 Å². The van der Waals surface area contributed by atoms with Crippen LogP contribution in [0.15, 0.2) is 53.1 Å². The predicted molar refractivity (Wildman–Crippen MR) is 136 cm³/mol. The van der Waals surface area contributed by atoms with Gasteiger partial charge < -0.3 is 19.4 Å². The van der Waals surface area contributed by atoms with Gasteiger partial charge >= 0.3 is 0 Å². The minimum Gasteiger partial charge on any atom is -0.461 e. The van der Waals surface area contributed by atoms with Gasteiger partial charge in [-0.15, -0.1) is 0 Å². The SMILES string of the molecule is C=Ic1cc(Oc2cc(C(=O)Nc3ccn(C)n3)cc3oc(C)cc23)ccc1C(=O)N(C)C. The van der Waals surface area contributed by atoms with Crippen molar-refractivity contribution in [3.8, 4) is 11.5 Å². The number of carbonyl (C=O) groups is 2. The lowest BCUT2D eigenvalue weighted by atomic mass is 10.1. The summed E-state index contributed by atoms with van der Waals surface area (Å²) in [6.45, 7) is 1.84. The third-order valence-corrected chi connectivity index (χ3v) is 6.60. The van der Waals surface area contributed by atoms with Gasteiger partial charge in [0.25, 0.3) is 11.8 Å². The summed E-state index contributed by atoms with van der Waals surface area (Å²) in [6, 6.07) is 12.3. The second kappa shape index (κ2) is 9.18. The molecule has 0 saturated carbocycles. The molecule has 0 aliphatic heterocycles. The molecule has 0 saturated heterocycles. The van der Waals surface area contributed by atoms with Crippen LogP contribution >= 0.6 is 20.7 Å². The number of rotatable bonds is 6. The van der Waals surface area contributed by atoms with Crippen molar-refractivity contribution in [2.45, 2.75) is 6.92 Å². The molecule has 0 aliphatic carbocycles. The van der Waals surface area contributed by atoms with Crippen molar-refractivity contribution in [1.29, 1.82) is 0 Å². The number of halogens is 1. The number of aromatic nitrogens is 2. The van der Waals surface area contributed by atoms with Crippen LogP contribution in [0.3, 0.4) is 0 Å². The quantitative estimate of drug-likeness (QED) is 0.344. The first-order valence-electron chi connectivity index (χ1n) is 10.0. The maximum absolute atomic E-state index is 12.9. The Morgan fingerprint density at radius 2 is 1.97 bits per heavy atom. The van der Waals surface area contributed by atoms with E-state index < -0.39 is 20.7 Å². The number of anilines is 1. The maximum Gasteiger partial charge on any atom is 0.257 e. The van der Waals surface area contributed by atoms with E-state index in [0.717, 1.165) is 8.96 Å². The topological polar surface area (TPSA) is 89.6 Å². The summed E-state index contributed by atoms with van der Waals surface area (Å²) >= 11 is -0.609. The van der Waals surface area contributed by atoms with Crippen molar-refractivity contribution in [3.05, 3.63) is 69.1 Å². The number of amides is 2. The molecule has 0 spiro atoms. The Bertz CT molecular complexity index is 1390. The molecule has 2 aromatic carbocycles. The zero-order valence-electron chi connectivity index (χ0n) is 18.7. The highest BCUT2D eigenvalue weighted by atomic mass is 127. The summed E-state index contributed by atoms with van der Waals surface area (Å²) in [6.07, 6.45) is 1.75. The van der Waals surface area contributed by atoms with Gasteiger partial charge in [0.2, 0.25) is 0 Å². The van der Waals surface area contributed by atoms with E-state index in [-0.39, 0.29) is 11.8 Å². The fourth-order valence-corrected chi connectivity index (χ4v) is 4.68. The van der Waals surface area contributed by atoms with Gasteiger partial charge in [-0.1, -0.05) is 25.2 Å². The van der Waals surface area contributed by atoms with E-state index in [9.17, 15) is 9.59 Å². The second-order valence-electron chi connectivity index (χ2n) is 7.65. The van der Waals surface area contributed by atoms with Gasteiger partial charge in [-0.2, -0.15) is 5.10 Å². The molecule has 0 fully saturated rings. The van der Waals surface area contributed by atoms with Crippen LogP contribution in [0.4, 0.5) is 5.82 Å². The molecule has 0 radical (unpaired) electrons. The summed E-state index contributed by atoms with van der Waals surface area (Å²) < 4.78 is 18.5. The first-order valence-corrected chi connectivity index (χ1v) is 12.6. The lowest BCUT2D eigenvalue weighted by Crippen LogP contribution is -2.22. The number of carbonyl (C=O) groups excluding carboxylic acids is 2. The minimum absolute atomic E-state index is 0.0686. The normalized spacial score (nSPS) is 10.9. The highest BCUT2D eigenvalue weighted by Crippen LogP contribution is 2.35. The molecule has 9 heteroatoms. The summed E-state index contributed by atoms with van der Waals surface area (Å²) in [4.78, 5) is 26.9. The van der Waals surface area contributed by atoms with Crippen molar-refractivity contribution in [2.75, 3.05) is 19.4 Å². The number of fused-ring (bicyclic) bond motifs is 1. The number of hydrogen-bond donors (Lipinski definition) is 1. The lowest BCUT2D eigenvalue weighted by Gasteiger charge is -2.14. The van der Waals surface area contributed by atoms with Gasteiger partial charge in [0.05, 0.1) is 10.9 Å². The Morgan fingerprint density at radius 1 is 1.18 bits per heavy atom. The van der Waals surface area contributed by atoms with Gasteiger partial charge in [0.15, 0.2) is 5.82 Å². The van der Waals surface area contributed by atoms with Crippen LogP contribution in [0.5, 0.6) is 11.5 Å². The van der Waals surface area contributed by atoms with Gasteiger partial charge in [0, 0.05) is 42.5 Å². The van der Waals surface area contributed by atoms with E-state index in [4.69, 9.17) is 9.15 Å². The molecule has 0 aliphatic rings.